The van der Waals surface area contributed by atoms with Crippen molar-refractivity contribution in [3.8, 4) is 11.5 Å². The van der Waals surface area contributed by atoms with Crippen molar-refractivity contribution in [2.75, 3.05) is 61.5 Å². The van der Waals surface area contributed by atoms with Crippen molar-refractivity contribution >= 4 is 23.5 Å². The number of benzene rings is 1. The number of aromatic nitrogens is 3. The molecule has 0 spiro atoms. The molecular weight excluding hydrogens is 563 g/mol. The van der Waals surface area contributed by atoms with Crippen LogP contribution in [0.2, 0.25) is 0 Å². The number of halogens is 7. The second kappa shape index (κ2) is 12.3. The van der Waals surface area contributed by atoms with Gasteiger partial charge < -0.3 is 19.1 Å². The molecule has 222 valence electrons. The smallest absolute Gasteiger partial charge is 0.319 e. The quantitative estimate of drug-likeness (QED) is 0.240. The lowest BCUT2D eigenvalue weighted by molar-refractivity contribution is -0.142. The topological polar surface area (TPSA) is 81.8 Å². The van der Waals surface area contributed by atoms with Gasteiger partial charge in [0.05, 0.1) is 41.4 Å². The molecule has 1 aliphatic rings. The highest BCUT2D eigenvalue weighted by Crippen LogP contribution is 2.36. The molecule has 1 aliphatic heterocycles. The van der Waals surface area contributed by atoms with Crippen molar-refractivity contribution in [2.45, 2.75) is 25.3 Å². The predicted molar refractivity (Wildman–Crippen MR) is 135 cm³/mol. The summed E-state index contributed by atoms with van der Waals surface area (Å²) in [7, 11) is 3.39. The van der Waals surface area contributed by atoms with Crippen molar-refractivity contribution in [1.29, 1.82) is 0 Å². The monoisotopic (exact) mass is 589 g/mol. The van der Waals surface area contributed by atoms with E-state index in [0.29, 0.717) is 17.8 Å². The number of amides is 1. The zero-order valence-electron chi connectivity index (χ0n) is 22.0. The molecule has 3 aromatic rings. The highest BCUT2D eigenvalue weighted by molar-refractivity contribution is 5.86. The third-order valence-electron chi connectivity index (χ3n) is 6.46. The van der Waals surface area contributed by atoms with Gasteiger partial charge in [0.1, 0.15) is 5.82 Å². The SMILES string of the molecule is CN(C)c1cc(N2CCN(CC(F)(F)C(F)F)CC2)c(F)cc1N(C=O)Cc1ccc(-c2nnc(C(F)F)o2)cn1. The molecule has 41 heavy (non-hydrogen) atoms. The molecule has 16 heteroatoms. The van der Waals surface area contributed by atoms with E-state index in [1.807, 2.05) is 0 Å². The van der Waals surface area contributed by atoms with Crippen LogP contribution < -0.4 is 14.7 Å². The minimum atomic E-state index is -4.13. The number of piperazine rings is 1. The molecule has 0 saturated carbocycles. The zero-order chi connectivity index (χ0) is 29.9. The van der Waals surface area contributed by atoms with Gasteiger partial charge in [0.2, 0.25) is 12.3 Å². The maximum Gasteiger partial charge on any atom is 0.319 e. The second-order valence-corrected chi connectivity index (χ2v) is 9.53. The van der Waals surface area contributed by atoms with E-state index in [1.165, 1.54) is 40.3 Å². The third-order valence-corrected chi connectivity index (χ3v) is 6.46. The molecule has 1 fully saturated rings. The molecule has 0 bridgehead atoms. The van der Waals surface area contributed by atoms with Gasteiger partial charge >= 0.3 is 18.8 Å². The van der Waals surface area contributed by atoms with Gasteiger partial charge in [-0.25, -0.2) is 13.2 Å². The number of carbonyl (C=O) groups is 1. The first-order valence-corrected chi connectivity index (χ1v) is 12.3. The van der Waals surface area contributed by atoms with Crippen LogP contribution in [0.25, 0.3) is 11.5 Å². The highest BCUT2D eigenvalue weighted by atomic mass is 19.3. The maximum absolute atomic E-state index is 15.4. The number of hydrogen-bond acceptors (Lipinski definition) is 8. The molecule has 1 amide bonds. The average Bonchev–Trinajstić information content (AvgIpc) is 3.43. The molecule has 3 heterocycles. The van der Waals surface area contributed by atoms with Crippen molar-refractivity contribution in [1.82, 2.24) is 20.1 Å². The van der Waals surface area contributed by atoms with E-state index in [9.17, 15) is 31.1 Å². The van der Waals surface area contributed by atoms with Gasteiger partial charge in [-0.05, 0) is 18.2 Å². The predicted octanol–water partition coefficient (Wildman–Crippen LogP) is 4.46. The standard InChI is InChI=1S/C25H26F7N7O2/c1-36(2)19-10-18(38-7-5-37(6-8-38)13-25(31,32)24(29)30)17(26)9-20(19)39(14-40)12-16-4-3-15(11-33-16)22-34-35-23(41-22)21(27)28/h3-4,9-11,14,21,24H,5-8,12-13H2,1-2H3. The van der Waals surface area contributed by atoms with Crippen molar-refractivity contribution in [3.05, 3.63) is 47.9 Å². The van der Waals surface area contributed by atoms with Crippen LogP contribution in [0.15, 0.2) is 34.9 Å². The van der Waals surface area contributed by atoms with Crippen LogP contribution in [0, 0.1) is 5.82 Å². The van der Waals surface area contributed by atoms with Crippen LogP contribution in [-0.2, 0) is 11.3 Å². The lowest BCUT2D eigenvalue weighted by Gasteiger charge is -2.38. The Balaban J connectivity index is 1.50. The van der Waals surface area contributed by atoms with E-state index >= 15 is 4.39 Å². The van der Waals surface area contributed by atoms with E-state index in [1.54, 1.807) is 23.9 Å². The van der Waals surface area contributed by atoms with E-state index in [-0.39, 0.29) is 55.6 Å². The van der Waals surface area contributed by atoms with Gasteiger partial charge in [-0.15, -0.1) is 10.2 Å². The lowest BCUT2D eigenvalue weighted by atomic mass is 10.1. The highest BCUT2D eigenvalue weighted by Gasteiger charge is 2.42. The van der Waals surface area contributed by atoms with Crippen LogP contribution in [0.5, 0.6) is 0 Å². The summed E-state index contributed by atoms with van der Waals surface area (Å²) in [5.74, 6) is -5.78. The first-order chi connectivity index (χ1) is 19.4. The number of nitrogens with zero attached hydrogens (tertiary/aromatic N) is 7. The van der Waals surface area contributed by atoms with Crippen LogP contribution in [0.4, 0.5) is 47.8 Å². The van der Waals surface area contributed by atoms with Gasteiger partial charge in [-0.3, -0.25) is 14.7 Å². The van der Waals surface area contributed by atoms with Crippen LogP contribution in [0.3, 0.4) is 0 Å². The fourth-order valence-electron chi connectivity index (χ4n) is 4.32. The second-order valence-electron chi connectivity index (χ2n) is 9.53. The van der Waals surface area contributed by atoms with Crippen LogP contribution in [0.1, 0.15) is 18.0 Å². The number of rotatable bonds is 11. The Morgan fingerprint density at radius 1 is 1.05 bits per heavy atom. The van der Waals surface area contributed by atoms with Crippen molar-refractivity contribution in [3.63, 3.8) is 0 Å². The molecule has 1 aromatic carbocycles. The number of alkyl halides is 6. The van der Waals surface area contributed by atoms with Gasteiger partial charge in [-0.2, -0.15) is 17.6 Å². The molecule has 4 rings (SSSR count). The Morgan fingerprint density at radius 3 is 2.29 bits per heavy atom. The molecule has 1 saturated heterocycles. The summed E-state index contributed by atoms with van der Waals surface area (Å²) in [6, 6.07) is 5.73. The minimum absolute atomic E-state index is 0.0377. The first-order valence-electron chi connectivity index (χ1n) is 12.3. The third kappa shape index (κ3) is 6.86. The molecule has 0 atom stereocenters. The van der Waals surface area contributed by atoms with Gasteiger partial charge in [0.25, 0.3) is 5.89 Å². The Bertz CT molecular complexity index is 1330. The molecular formula is C25H26F7N7O2. The van der Waals surface area contributed by atoms with Gasteiger partial charge in [-0.1, -0.05) is 0 Å². The summed E-state index contributed by atoms with van der Waals surface area (Å²) >= 11 is 0. The maximum atomic E-state index is 15.4. The van der Waals surface area contributed by atoms with Gasteiger partial charge in [0, 0.05) is 52.5 Å². The number of anilines is 3. The van der Waals surface area contributed by atoms with E-state index < -0.39 is 37.0 Å². The fraction of sp³-hybridized carbons (Fsp3) is 0.440. The molecule has 0 unspecified atom stereocenters. The molecule has 2 aromatic heterocycles. The summed E-state index contributed by atoms with van der Waals surface area (Å²) in [6.07, 6.45) is -4.87. The Labute approximate surface area is 230 Å². The van der Waals surface area contributed by atoms with Gasteiger partial charge in [0.15, 0.2) is 0 Å². The summed E-state index contributed by atoms with van der Waals surface area (Å²) < 4.78 is 97.7. The Kier molecular flexibility index (Phi) is 8.99. The van der Waals surface area contributed by atoms with E-state index in [2.05, 4.69) is 15.2 Å². The zero-order valence-corrected chi connectivity index (χ0v) is 22.0. The number of pyridine rings is 1. The minimum Gasteiger partial charge on any atom is -0.415 e. The molecule has 0 radical (unpaired) electrons. The summed E-state index contributed by atoms with van der Waals surface area (Å²) in [5, 5.41) is 6.82. The largest absolute Gasteiger partial charge is 0.415 e. The van der Waals surface area contributed by atoms with Crippen LogP contribution in [-0.4, -0.2) is 85.7 Å². The fourth-order valence-corrected chi connectivity index (χ4v) is 4.32. The van der Waals surface area contributed by atoms with E-state index in [0.717, 1.165) is 0 Å². The molecule has 9 nitrogen and oxygen atoms in total. The number of hydrogen-bond donors (Lipinski definition) is 0. The summed E-state index contributed by atoms with van der Waals surface area (Å²) in [6.45, 7) is -0.805. The average molecular weight is 590 g/mol. The van der Waals surface area contributed by atoms with Crippen LogP contribution >= 0.6 is 0 Å². The number of carbonyl (C=O) groups excluding carboxylic acids is 1. The molecule has 0 aliphatic carbocycles. The van der Waals surface area contributed by atoms with E-state index in [4.69, 9.17) is 4.42 Å². The Hall–Kier alpha value is -3.95. The molecule has 0 N–H and O–H groups in total. The lowest BCUT2D eigenvalue weighted by Crippen LogP contribution is -2.51. The normalized spacial score (nSPS) is 14.7. The van der Waals surface area contributed by atoms with Crippen molar-refractivity contribution < 1.29 is 39.9 Å². The summed E-state index contributed by atoms with van der Waals surface area (Å²) in [5.41, 5.74) is 1.55. The Morgan fingerprint density at radius 2 is 1.76 bits per heavy atom. The first kappa shape index (κ1) is 30.0. The summed E-state index contributed by atoms with van der Waals surface area (Å²) in [4.78, 5) is 22.0. The van der Waals surface area contributed by atoms with Crippen molar-refractivity contribution in [2.24, 2.45) is 0 Å².